The molecule has 1 aromatic rings. The van der Waals surface area contributed by atoms with E-state index in [4.69, 9.17) is 4.74 Å². The Bertz CT molecular complexity index is 514. The number of rotatable bonds is 5. The number of benzene rings is 1. The summed E-state index contributed by atoms with van der Waals surface area (Å²) in [6, 6.07) is 5.14. The van der Waals surface area contributed by atoms with Crippen molar-refractivity contribution >= 4 is 17.5 Å². The predicted molar refractivity (Wildman–Crippen MR) is 77.1 cm³/mol. The van der Waals surface area contributed by atoms with Crippen molar-refractivity contribution in [3.05, 3.63) is 23.8 Å². The van der Waals surface area contributed by atoms with E-state index in [2.05, 4.69) is 12.2 Å². The molecule has 0 fully saturated rings. The van der Waals surface area contributed by atoms with Crippen LogP contribution in [-0.4, -0.2) is 36.4 Å². The Morgan fingerprint density at radius 3 is 2.90 bits per heavy atom. The number of fused-ring (bicyclic) bond motifs is 1. The van der Waals surface area contributed by atoms with Gasteiger partial charge in [0.15, 0.2) is 6.61 Å². The lowest BCUT2D eigenvalue weighted by atomic mass is 10.1. The second-order valence-corrected chi connectivity index (χ2v) is 4.79. The summed E-state index contributed by atoms with van der Waals surface area (Å²) < 4.78 is 5.34. The first kappa shape index (κ1) is 14.4. The van der Waals surface area contributed by atoms with Crippen molar-refractivity contribution < 1.29 is 14.3 Å². The molecule has 0 aromatic heterocycles. The summed E-state index contributed by atoms with van der Waals surface area (Å²) in [7, 11) is 0. The Hall–Kier alpha value is -2.04. The highest BCUT2D eigenvalue weighted by Crippen LogP contribution is 2.28. The summed E-state index contributed by atoms with van der Waals surface area (Å²) in [6.07, 6.45) is 2.06. The van der Waals surface area contributed by atoms with Gasteiger partial charge in [-0.25, -0.2) is 0 Å². The van der Waals surface area contributed by atoms with Gasteiger partial charge in [-0.3, -0.25) is 9.59 Å². The standard InChI is InChI=1S/C15H20N2O3/c1-3-5-8-17(4-2)15(19)11-6-7-12-13(9-11)20-10-14(18)16-12/h6-7,9H,3-5,8,10H2,1-2H3,(H,16,18). The smallest absolute Gasteiger partial charge is 0.262 e. The minimum absolute atomic E-state index is 0.00201. The van der Waals surface area contributed by atoms with Gasteiger partial charge >= 0.3 is 0 Å². The first-order valence-corrected chi connectivity index (χ1v) is 7.01. The summed E-state index contributed by atoms with van der Waals surface area (Å²) in [5.74, 6) is 0.390. The minimum Gasteiger partial charge on any atom is -0.482 e. The van der Waals surface area contributed by atoms with Crippen molar-refractivity contribution in [1.82, 2.24) is 4.90 Å². The number of carbonyl (C=O) groups excluding carboxylic acids is 2. The molecule has 0 radical (unpaired) electrons. The Kier molecular flexibility index (Phi) is 4.61. The Morgan fingerprint density at radius 1 is 1.40 bits per heavy atom. The topological polar surface area (TPSA) is 58.6 Å². The minimum atomic E-state index is -0.172. The Labute approximate surface area is 118 Å². The van der Waals surface area contributed by atoms with Crippen molar-refractivity contribution in [2.75, 3.05) is 25.0 Å². The molecule has 5 heteroatoms. The van der Waals surface area contributed by atoms with Gasteiger partial charge in [-0.15, -0.1) is 0 Å². The molecule has 1 aliphatic rings. The quantitative estimate of drug-likeness (QED) is 0.897. The Morgan fingerprint density at radius 2 is 2.20 bits per heavy atom. The third-order valence-corrected chi connectivity index (χ3v) is 3.31. The van der Waals surface area contributed by atoms with Gasteiger partial charge in [-0.2, -0.15) is 0 Å². The lowest BCUT2D eigenvalue weighted by molar-refractivity contribution is -0.118. The third-order valence-electron chi connectivity index (χ3n) is 3.31. The molecule has 1 aromatic carbocycles. The molecular weight excluding hydrogens is 256 g/mol. The molecule has 2 rings (SSSR count). The fraction of sp³-hybridized carbons (Fsp3) is 0.467. The molecular formula is C15H20N2O3. The normalized spacial score (nSPS) is 13.2. The Balaban J connectivity index is 2.16. The molecule has 1 heterocycles. The summed E-state index contributed by atoms with van der Waals surface area (Å²) in [5, 5.41) is 2.71. The second-order valence-electron chi connectivity index (χ2n) is 4.79. The van der Waals surface area contributed by atoms with Gasteiger partial charge in [0, 0.05) is 18.7 Å². The number of ether oxygens (including phenoxy) is 1. The molecule has 108 valence electrons. The molecule has 0 unspecified atom stereocenters. The van der Waals surface area contributed by atoms with Crippen LogP contribution in [0.4, 0.5) is 5.69 Å². The second kappa shape index (κ2) is 6.41. The van der Waals surface area contributed by atoms with Crippen LogP contribution in [0.1, 0.15) is 37.0 Å². The maximum Gasteiger partial charge on any atom is 0.262 e. The molecule has 5 nitrogen and oxygen atoms in total. The monoisotopic (exact) mass is 276 g/mol. The number of amides is 2. The summed E-state index contributed by atoms with van der Waals surface area (Å²) in [4.78, 5) is 25.4. The fourth-order valence-electron chi connectivity index (χ4n) is 2.14. The SMILES string of the molecule is CCCCN(CC)C(=O)c1ccc2c(c1)OCC(=O)N2. The molecule has 0 saturated heterocycles. The van der Waals surface area contributed by atoms with Crippen LogP contribution < -0.4 is 10.1 Å². The van der Waals surface area contributed by atoms with Gasteiger partial charge in [0.1, 0.15) is 5.75 Å². The van der Waals surface area contributed by atoms with Crippen LogP contribution >= 0.6 is 0 Å². The van der Waals surface area contributed by atoms with E-state index < -0.39 is 0 Å². The van der Waals surface area contributed by atoms with Crippen LogP contribution in [-0.2, 0) is 4.79 Å². The van der Waals surface area contributed by atoms with Gasteiger partial charge in [-0.1, -0.05) is 13.3 Å². The molecule has 0 bridgehead atoms. The first-order chi connectivity index (χ1) is 9.65. The van der Waals surface area contributed by atoms with E-state index >= 15 is 0 Å². The highest BCUT2D eigenvalue weighted by atomic mass is 16.5. The number of carbonyl (C=O) groups is 2. The number of nitrogens with zero attached hydrogens (tertiary/aromatic N) is 1. The number of anilines is 1. The summed E-state index contributed by atoms with van der Waals surface area (Å²) >= 11 is 0. The molecule has 1 N–H and O–H groups in total. The molecule has 20 heavy (non-hydrogen) atoms. The van der Waals surface area contributed by atoms with Gasteiger partial charge in [0.05, 0.1) is 5.69 Å². The van der Waals surface area contributed by atoms with E-state index in [9.17, 15) is 9.59 Å². The lowest BCUT2D eigenvalue weighted by Crippen LogP contribution is -2.32. The molecule has 0 spiro atoms. The van der Waals surface area contributed by atoms with Crippen LogP contribution in [0.3, 0.4) is 0 Å². The van der Waals surface area contributed by atoms with Gasteiger partial charge in [-0.05, 0) is 31.5 Å². The van der Waals surface area contributed by atoms with Crippen LogP contribution in [0.5, 0.6) is 5.75 Å². The van der Waals surface area contributed by atoms with Crippen LogP contribution in [0, 0.1) is 0 Å². The van der Waals surface area contributed by atoms with Crippen molar-refractivity contribution in [3.63, 3.8) is 0 Å². The zero-order valence-electron chi connectivity index (χ0n) is 11.9. The van der Waals surface area contributed by atoms with Crippen LogP contribution in [0.2, 0.25) is 0 Å². The third kappa shape index (κ3) is 3.10. The molecule has 2 amide bonds. The maximum atomic E-state index is 12.4. The first-order valence-electron chi connectivity index (χ1n) is 7.01. The predicted octanol–water partition coefficient (Wildman–Crippen LogP) is 2.28. The maximum absolute atomic E-state index is 12.4. The highest BCUT2D eigenvalue weighted by molar-refractivity contribution is 5.99. The van der Waals surface area contributed by atoms with E-state index in [0.29, 0.717) is 23.5 Å². The van der Waals surface area contributed by atoms with E-state index in [-0.39, 0.29) is 18.4 Å². The van der Waals surface area contributed by atoms with Gasteiger partial charge < -0.3 is 15.0 Å². The number of nitrogens with one attached hydrogen (secondary N) is 1. The van der Waals surface area contributed by atoms with Crippen molar-refractivity contribution in [1.29, 1.82) is 0 Å². The van der Waals surface area contributed by atoms with Crippen molar-refractivity contribution in [3.8, 4) is 5.75 Å². The zero-order valence-corrected chi connectivity index (χ0v) is 11.9. The molecule has 1 aliphatic heterocycles. The number of unbranched alkanes of at least 4 members (excludes halogenated alkanes) is 1. The summed E-state index contributed by atoms with van der Waals surface area (Å²) in [5.41, 5.74) is 1.22. The van der Waals surface area contributed by atoms with Gasteiger partial charge in [0.2, 0.25) is 0 Å². The van der Waals surface area contributed by atoms with E-state index in [1.54, 1.807) is 18.2 Å². The van der Waals surface area contributed by atoms with E-state index in [1.165, 1.54) is 0 Å². The largest absolute Gasteiger partial charge is 0.482 e. The fourth-order valence-corrected chi connectivity index (χ4v) is 2.14. The van der Waals surface area contributed by atoms with E-state index in [1.807, 2.05) is 11.8 Å². The molecule has 0 aliphatic carbocycles. The molecule has 0 saturated carbocycles. The average Bonchev–Trinajstić information content (AvgIpc) is 2.47. The van der Waals surface area contributed by atoms with Gasteiger partial charge in [0.25, 0.3) is 11.8 Å². The number of hydrogen-bond donors (Lipinski definition) is 1. The van der Waals surface area contributed by atoms with Crippen molar-refractivity contribution in [2.24, 2.45) is 0 Å². The summed E-state index contributed by atoms with van der Waals surface area (Å²) in [6.45, 7) is 5.53. The zero-order chi connectivity index (χ0) is 14.5. The van der Waals surface area contributed by atoms with Crippen LogP contribution in [0.25, 0.3) is 0 Å². The van der Waals surface area contributed by atoms with Crippen LogP contribution in [0.15, 0.2) is 18.2 Å². The average molecular weight is 276 g/mol. The molecule has 0 atom stereocenters. The highest BCUT2D eigenvalue weighted by Gasteiger charge is 2.19. The number of hydrogen-bond acceptors (Lipinski definition) is 3. The lowest BCUT2D eigenvalue weighted by Gasteiger charge is -2.22. The van der Waals surface area contributed by atoms with E-state index in [0.717, 1.165) is 19.4 Å². The van der Waals surface area contributed by atoms with Crippen molar-refractivity contribution in [2.45, 2.75) is 26.7 Å².